The van der Waals surface area contributed by atoms with Crippen molar-refractivity contribution in [2.45, 2.75) is 57.2 Å². The third-order valence-corrected chi connectivity index (χ3v) is 6.41. The minimum absolute atomic E-state index is 0.117. The molecule has 2 aliphatic rings. The van der Waals surface area contributed by atoms with Crippen LogP contribution >= 0.6 is 0 Å². The summed E-state index contributed by atoms with van der Waals surface area (Å²) in [5.74, 6) is -1.87. The van der Waals surface area contributed by atoms with Gasteiger partial charge in [0.1, 0.15) is 6.04 Å². The Labute approximate surface area is 164 Å². The summed E-state index contributed by atoms with van der Waals surface area (Å²) >= 11 is 0. The molecule has 0 aromatic heterocycles. The predicted molar refractivity (Wildman–Crippen MR) is 100 cm³/mol. The molecule has 4 unspecified atom stereocenters. The van der Waals surface area contributed by atoms with E-state index in [9.17, 15) is 18.4 Å². The first-order valence-electron chi connectivity index (χ1n) is 9.87. The van der Waals surface area contributed by atoms with Crippen molar-refractivity contribution >= 4 is 11.9 Å². The van der Waals surface area contributed by atoms with Crippen LogP contribution < -0.4 is 0 Å². The van der Waals surface area contributed by atoms with Crippen LogP contribution in [0.3, 0.4) is 0 Å². The van der Waals surface area contributed by atoms with Crippen molar-refractivity contribution < 1.29 is 23.1 Å². The van der Waals surface area contributed by atoms with Crippen LogP contribution in [0.4, 0.5) is 8.78 Å². The summed E-state index contributed by atoms with van der Waals surface area (Å²) in [4.78, 5) is 28.8. The number of likely N-dealkylation sites (N-methyl/N-ethyl adjacent to an activating group) is 1. The number of halogens is 2. The number of hydrogen-bond donors (Lipinski definition) is 0. The highest BCUT2D eigenvalue weighted by atomic mass is 19.2. The number of rotatable bonds is 5. The first kappa shape index (κ1) is 20.7. The Morgan fingerprint density at radius 1 is 1.25 bits per heavy atom. The number of carbonyl (C=O) groups is 2. The Morgan fingerprint density at radius 2 is 1.96 bits per heavy atom. The lowest BCUT2D eigenvalue weighted by molar-refractivity contribution is -0.147. The highest BCUT2D eigenvalue weighted by Gasteiger charge is 2.46. The second-order valence-corrected chi connectivity index (χ2v) is 7.91. The number of amides is 1. The largest absolute Gasteiger partial charge is 0.468 e. The van der Waals surface area contributed by atoms with E-state index in [1.165, 1.54) is 18.1 Å². The molecule has 1 aliphatic heterocycles. The Morgan fingerprint density at radius 3 is 2.64 bits per heavy atom. The molecule has 0 bridgehead atoms. The van der Waals surface area contributed by atoms with Gasteiger partial charge in [-0.25, -0.2) is 8.78 Å². The van der Waals surface area contributed by atoms with Gasteiger partial charge in [-0.05, 0) is 49.8 Å². The van der Waals surface area contributed by atoms with E-state index in [0.717, 1.165) is 44.2 Å². The second kappa shape index (κ2) is 8.55. The number of benzene rings is 1. The van der Waals surface area contributed by atoms with Gasteiger partial charge in [0, 0.05) is 13.1 Å². The minimum atomic E-state index is -0.930. The lowest BCUT2D eigenvalue weighted by Crippen LogP contribution is -2.48. The number of esters is 1. The van der Waals surface area contributed by atoms with Gasteiger partial charge >= 0.3 is 5.97 Å². The van der Waals surface area contributed by atoms with E-state index in [1.54, 1.807) is 14.0 Å². The van der Waals surface area contributed by atoms with E-state index >= 15 is 0 Å². The van der Waals surface area contributed by atoms with E-state index in [-0.39, 0.29) is 24.5 Å². The van der Waals surface area contributed by atoms with Crippen LogP contribution in [0.15, 0.2) is 18.2 Å². The van der Waals surface area contributed by atoms with Crippen molar-refractivity contribution in [3.63, 3.8) is 0 Å². The molecule has 1 aromatic rings. The third kappa shape index (κ3) is 4.04. The van der Waals surface area contributed by atoms with Gasteiger partial charge in [-0.15, -0.1) is 0 Å². The van der Waals surface area contributed by atoms with E-state index < -0.39 is 23.7 Å². The molecule has 2 fully saturated rings. The molecule has 1 heterocycles. The van der Waals surface area contributed by atoms with Gasteiger partial charge in [-0.2, -0.15) is 0 Å². The lowest BCUT2D eigenvalue weighted by atomic mass is 9.85. The molecule has 0 radical (unpaired) electrons. The zero-order valence-electron chi connectivity index (χ0n) is 16.7. The Bertz CT molecular complexity index is 742. The van der Waals surface area contributed by atoms with Crippen molar-refractivity contribution in [1.82, 2.24) is 9.80 Å². The predicted octanol–water partition coefficient (Wildman–Crippen LogP) is 3.29. The van der Waals surface area contributed by atoms with Crippen LogP contribution in [0.2, 0.25) is 0 Å². The van der Waals surface area contributed by atoms with E-state index in [1.807, 2.05) is 4.90 Å². The summed E-state index contributed by atoms with van der Waals surface area (Å²) < 4.78 is 31.7. The number of likely N-dealkylation sites (tertiary alicyclic amines) is 1. The van der Waals surface area contributed by atoms with Crippen LogP contribution in [-0.4, -0.2) is 54.5 Å². The standard InChI is InChI=1S/C21H28F2N2O3/c1-13(14-8-9-16(22)17(23)10-14)24(2)20(26)12-25-18-7-5-4-6-15(18)11-19(25)21(27)28-3/h8-10,13,15,18-19H,4-7,11-12H2,1-3H3. The maximum atomic E-state index is 13.6. The molecule has 4 atom stereocenters. The number of methoxy groups -OCH3 is 1. The number of fused-ring (bicyclic) bond motifs is 1. The van der Waals surface area contributed by atoms with Crippen LogP contribution in [0.25, 0.3) is 0 Å². The summed E-state index contributed by atoms with van der Waals surface area (Å²) in [5.41, 5.74) is 0.524. The molecule has 1 aliphatic carbocycles. The molecular weight excluding hydrogens is 366 g/mol. The summed E-state index contributed by atoms with van der Waals surface area (Å²) in [5, 5.41) is 0. The molecule has 0 spiro atoms. The number of carbonyl (C=O) groups excluding carboxylic acids is 2. The van der Waals surface area contributed by atoms with Gasteiger partial charge in [0.2, 0.25) is 5.91 Å². The Hall–Kier alpha value is -2.02. The van der Waals surface area contributed by atoms with Gasteiger partial charge in [0.05, 0.1) is 19.7 Å². The van der Waals surface area contributed by atoms with E-state index in [0.29, 0.717) is 11.5 Å². The topological polar surface area (TPSA) is 49.9 Å². The number of ether oxygens (including phenoxy) is 1. The quantitative estimate of drug-likeness (QED) is 0.719. The smallest absolute Gasteiger partial charge is 0.323 e. The fourth-order valence-electron chi connectivity index (χ4n) is 4.63. The molecule has 1 saturated carbocycles. The molecular formula is C21H28F2N2O3. The van der Waals surface area contributed by atoms with Gasteiger partial charge in [0.15, 0.2) is 11.6 Å². The van der Waals surface area contributed by atoms with Crippen molar-refractivity contribution in [1.29, 1.82) is 0 Å². The van der Waals surface area contributed by atoms with Crippen LogP contribution in [-0.2, 0) is 14.3 Å². The van der Waals surface area contributed by atoms with Crippen molar-refractivity contribution in [2.75, 3.05) is 20.7 Å². The molecule has 1 aromatic carbocycles. The van der Waals surface area contributed by atoms with Crippen molar-refractivity contribution in [3.8, 4) is 0 Å². The molecule has 28 heavy (non-hydrogen) atoms. The molecule has 5 nitrogen and oxygen atoms in total. The van der Waals surface area contributed by atoms with Crippen molar-refractivity contribution in [2.24, 2.45) is 5.92 Å². The summed E-state index contributed by atoms with van der Waals surface area (Å²) in [6, 6.07) is 3.08. The average molecular weight is 394 g/mol. The summed E-state index contributed by atoms with van der Waals surface area (Å²) in [7, 11) is 3.03. The van der Waals surface area contributed by atoms with Crippen LogP contribution in [0, 0.1) is 17.6 Å². The SMILES string of the molecule is COC(=O)C1CC2CCCCC2N1CC(=O)N(C)C(C)c1ccc(F)c(F)c1. The summed E-state index contributed by atoms with van der Waals surface area (Å²) in [6.07, 6.45) is 5.04. The highest BCUT2D eigenvalue weighted by molar-refractivity contribution is 5.81. The maximum absolute atomic E-state index is 13.6. The van der Waals surface area contributed by atoms with Gasteiger partial charge in [-0.3, -0.25) is 14.5 Å². The van der Waals surface area contributed by atoms with Gasteiger partial charge < -0.3 is 9.64 Å². The fourth-order valence-corrected chi connectivity index (χ4v) is 4.63. The molecule has 3 rings (SSSR count). The van der Waals surface area contributed by atoms with E-state index in [2.05, 4.69) is 0 Å². The second-order valence-electron chi connectivity index (χ2n) is 7.91. The molecule has 0 N–H and O–H groups in total. The van der Waals surface area contributed by atoms with Crippen LogP contribution in [0.1, 0.15) is 50.6 Å². The maximum Gasteiger partial charge on any atom is 0.323 e. The average Bonchev–Trinajstić information content (AvgIpc) is 3.06. The summed E-state index contributed by atoms with van der Waals surface area (Å²) in [6.45, 7) is 1.89. The molecule has 1 saturated heterocycles. The molecule has 1 amide bonds. The van der Waals surface area contributed by atoms with Gasteiger partial charge in [-0.1, -0.05) is 18.9 Å². The first-order chi connectivity index (χ1) is 13.3. The molecule has 7 heteroatoms. The Kier molecular flexibility index (Phi) is 6.33. The first-order valence-corrected chi connectivity index (χ1v) is 9.87. The number of hydrogen-bond acceptors (Lipinski definition) is 4. The number of nitrogens with zero attached hydrogens (tertiary/aromatic N) is 2. The van der Waals surface area contributed by atoms with Gasteiger partial charge in [0.25, 0.3) is 0 Å². The lowest BCUT2D eigenvalue weighted by Gasteiger charge is -2.34. The monoisotopic (exact) mass is 394 g/mol. The zero-order chi connectivity index (χ0) is 20.4. The fraction of sp³-hybridized carbons (Fsp3) is 0.619. The molecule has 154 valence electrons. The van der Waals surface area contributed by atoms with Crippen LogP contribution in [0.5, 0.6) is 0 Å². The minimum Gasteiger partial charge on any atom is -0.468 e. The highest BCUT2D eigenvalue weighted by Crippen LogP contribution is 2.40. The normalized spacial score (nSPS) is 25.8. The Balaban J connectivity index is 1.73. The zero-order valence-corrected chi connectivity index (χ0v) is 16.7. The van der Waals surface area contributed by atoms with Crippen molar-refractivity contribution in [3.05, 3.63) is 35.4 Å². The third-order valence-electron chi connectivity index (χ3n) is 6.41. The van der Waals surface area contributed by atoms with E-state index in [4.69, 9.17) is 4.74 Å².